The van der Waals surface area contributed by atoms with Crippen LogP contribution in [0.1, 0.15) is 19.4 Å². The third-order valence-electron chi connectivity index (χ3n) is 1.35. The highest BCUT2D eigenvalue weighted by molar-refractivity contribution is 7.99. The van der Waals surface area contributed by atoms with Crippen LogP contribution in [0, 0.1) is 6.92 Å². The molecule has 0 bridgehead atoms. The van der Waals surface area contributed by atoms with E-state index in [2.05, 4.69) is 32.9 Å². The van der Waals surface area contributed by atoms with Crippen LogP contribution in [0.3, 0.4) is 0 Å². The minimum atomic E-state index is 1.26. The maximum absolute atomic E-state index is 2.17. The van der Waals surface area contributed by atoms with Crippen molar-refractivity contribution in [2.24, 2.45) is 0 Å². The first-order valence-electron chi connectivity index (χ1n) is 4.40. The van der Waals surface area contributed by atoms with Gasteiger partial charge in [-0.25, -0.2) is 0 Å². The zero-order chi connectivity index (χ0) is 9.23. The minimum Gasteiger partial charge on any atom is -0.163 e. The first kappa shape index (κ1) is 11.6. The fraction of sp³-hybridized carbons (Fsp3) is 0.455. The van der Waals surface area contributed by atoms with Crippen LogP contribution in [0.15, 0.2) is 30.3 Å². The van der Waals surface area contributed by atoms with Gasteiger partial charge in [0.25, 0.3) is 0 Å². The molecule has 1 rings (SSSR count). The maximum atomic E-state index is 2.17. The standard InChI is InChI=1S/C7H8.C4H10S/c1-7-5-3-2-4-6-7;1-3-5-4-2/h2-6H,1H3;3-4H2,1-2H3. The molecule has 12 heavy (non-hydrogen) atoms. The van der Waals surface area contributed by atoms with Crippen molar-refractivity contribution in [3.05, 3.63) is 35.9 Å². The number of aryl methyl sites for hydroxylation is 1. The Balaban J connectivity index is 0.000000217. The highest BCUT2D eigenvalue weighted by atomic mass is 32.2. The van der Waals surface area contributed by atoms with Gasteiger partial charge in [-0.2, -0.15) is 11.8 Å². The third-order valence-corrected chi connectivity index (χ3v) is 2.17. The van der Waals surface area contributed by atoms with E-state index >= 15 is 0 Å². The van der Waals surface area contributed by atoms with Crippen LogP contribution < -0.4 is 0 Å². The largest absolute Gasteiger partial charge is 0.163 e. The molecule has 1 aromatic rings. The molecule has 0 radical (unpaired) electrons. The lowest BCUT2D eigenvalue weighted by atomic mass is 10.2. The van der Waals surface area contributed by atoms with E-state index in [1.54, 1.807) is 0 Å². The zero-order valence-corrected chi connectivity index (χ0v) is 9.03. The molecule has 0 amide bonds. The van der Waals surface area contributed by atoms with Gasteiger partial charge in [0.15, 0.2) is 0 Å². The monoisotopic (exact) mass is 182 g/mol. The van der Waals surface area contributed by atoms with Crippen molar-refractivity contribution in [2.75, 3.05) is 11.5 Å². The molecular formula is C11H18S. The molecule has 1 aromatic carbocycles. The Morgan fingerprint density at radius 2 is 1.50 bits per heavy atom. The molecule has 1 heteroatoms. The van der Waals surface area contributed by atoms with E-state index < -0.39 is 0 Å². The van der Waals surface area contributed by atoms with E-state index in [-0.39, 0.29) is 0 Å². The zero-order valence-electron chi connectivity index (χ0n) is 8.21. The Morgan fingerprint density at radius 3 is 1.67 bits per heavy atom. The second kappa shape index (κ2) is 8.66. The van der Waals surface area contributed by atoms with Crippen molar-refractivity contribution in [2.45, 2.75) is 20.8 Å². The summed E-state index contributed by atoms with van der Waals surface area (Å²) in [7, 11) is 0. The minimum absolute atomic E-state index is 1.26. The van der Waals surface area contributed by atoms with Crippen molar-refractivity contribution in [1.29, 1.82) is 0 Å². The van der Waals surface area contributed by atoms with Gasteiger partial charge in [0.05, 0.1) is 0 Å². The predicted octanol–water partition coefficient (Wildman–Crippen LogP) is 3.75. The Morgan fingerprint density at radius 1 is 1.00 bits per heavy atom. The fourth-order valence-corrected chi connectivity index (χ4v) is 1.15. The first-order valence-corrected chi connectivity index (χ1v) is 5.56. The Kier molecular flexibility index (Phi) is 8.35. The molecule has 0 aliphatic carbocycles. The smallest absolute Gasteiger partial charge is 0.00961 e. The van der Waals surface area contributed by atoms with Crippen LogP contribution in [0.25, 0.3) is 0 Å². The molecule has 0 aromatic heterocycles. The topological polar surface area (TPSA) is 0 Å². The van der Waals surface area contributed by atoms with Crippen LogP contribution in [0.4, 0.5) is 0 Å². The van der Waals surface area contributed by atoms with Crippen LogP contribution in [0.5, 0.6) is 0 Å². The summed E-state index contributed by atoms with van der Waals surface area (Å²) in [4.78, 5) is 0. The molecule has 0 N–H and O–H groups in total. The van der Waals surface area contributed by atoms with Crippen LogP contribution in [-0.2, 0) is 0 Å². The van der Waals surface area contributed by atoms with E-state index in [0.717, 1.165) is 0 Å². The van der Waals surface area contributed by atoms with E-state index in [4.69, 9.17) is 0 Å². The molecule has 0 unspecified atom stereocenters. The summed E-state index contributed by atoms with van der Waals surface area (Å²) in [6.45, 7) is 6.43. The molecule has 0 atom stereocenters. The van der Waals surface area contributed by atoms with Crippen LogP contribution in [-0.4, -0.2) is 11.5 Å². The van der Waals surface area contributed by atoms with Crippen molar-refractivity contribution in [3.63, 3.8) is 0 Å². The lowest BCUT2D eigenvalue weighted by Gasteiger charge is -1.82. The van der Waals surface area contributed by atoms with Gasteiger partial charge in [-0.15, -0.1) is 0 Å². The van der Waals surface area contributed by atoms with E-state index in [9.17, 15) is 0 Å². The van der Waals surface area contributed by atoms with Crippen LogP contribution in [0.2, 0.25) is 0 Å². The molecule has 0 fully saturated rings. The quantitative estimate of drug-likeness (QED) is 0.671. The van der Waals surface area contributed by atoms with Gasteiger partial charge < -0.3 is 0 Å². The van der Waals surface area contributed by atoms with Crippen molar-refractivity contribution >= 4 is 11.8 Å². The van der Waals surface area contributed by atoms with Crippen molar-refractivity contribution in [1.82, 2.24) is 0 Å². The Labute approximate surface area is 80.4 Å². The number of hydrogen-bond acceptors (Lipinski definition) is 1. The van der Waals surface area contributed by atoms with Gasteiger partial charge in [-0.05, 0) is 18.4 Å². The van der Waals surface area contributed by atoms with Crippen LogP contribution >= 0.6 is 11.8 Å². The highest BCUT2D eigenvalue weighted by Gasteiger charge is 1.72. The Hall–Kier alpha value is -0.430. The second-order valence-corrected chi connectivity index (χ2v) is 4.00. The third kappa shape index (κ3) is 7.67. The van der Waals surface area contributed by atoms with Gasteiger partial charge in [-0.1, -0.05) is 49.7 Å². The average molecular weight is 182 g/mol. The predicted molar refractivity (Wildman–Crippen MR) is 59.9 cm³/mol. The van der Waals surface area contributed by atoms with Crippen molar-refractivity contribution in [3.8, 4) is 0 Å². The summed E-state index contributed by atoms with van der Waals surface area (Å²) in [5.41, 5.74) is 1.32. The molecular weight excluding hydrogens is 164 g/mol. The van der Waals surface area contributed by atoms with Gasteiger partial charge in [-0.3, -0.25) is 0 Å². The Bertz CT molecular complexity index is 168. The molecule has 0 heterocycles. The number of thioether (sulfide) groups is 1. The molecule has 0 nitrogen and oxygen atoms in total. The normalized spacial score (nSPS) is 8.58. The van der Waals surface area contributed by atoms with Gasteiger partial charge in [0, 0.05) is 0 Å². The maximum Gasteiger partial charge on any atom is -0.00961 e. The summed E-state index contributed by atoms with van der Waals surface area (Å²) in [5.74, 6) is 2.52. The van der Waals surface area contributed by atoms with E-state index in [0.29, 0.717) is 0 Å². The lowest BCUT2D eigenvalue weighted by Crippen LogP contribution is -1.64. The molecule has 0 aliphatic rings. The first-order chi connectivity index (χ1) is 5.81. The summed E-state index contributed by atoms with van der Waals surface area (Å²) >= 11 is 1.96. The SMILES string of the molecule is CCSCC.Cc1ccccc1. The summed E-state index contributed by atoms with van der Waals surface area (Å²) in [6, 6.07) is 10.3. The highest BCUT2D eigenvalue weighted by Crippen LogP contribution is 1.93. The van der Waals surface area contributed by atoms with E-state index in [1.807, 2.05) is 30.0 Å². The van der Waals surface area contributed by atoms with Gasteiger partial charge in [0.1, 0.15) is 0 Å². The van der Waals surface area contributed by atoms with E-state index in [1.165, 1.54) is 17.1 Å². The second-order valence-electron chi connectivity index (χ2n) is 2.44. The molecule has 0 aliphatic heterocycles. The molecule has 0 spiro atoms. The number of hydrogen-bond donors (Lipinski definition) is 0. The summed E-state index contributed by atoms with van der Waals surface area (Å²) in [6.07, 6.45) is 0. The summed E-state index contributed by atoms with van der Waals surface area (Å²) in [5, 5.41) is 0. The fourth-order valence-electron chi connectivity index (χ4n) is 0.739. The van der Waals surface area contributed by atoms with Gasteiger partial charge in [0.2, 0.25) is 0 Å². The average Bonchev–Trinajstić information content (AvgIpc) is 2.08. The lowest BCUT2D eigenvalue weighted by molar-refractivity contribution is 1.46. The summed E-state index contributed by atoms with van der Waals surface area (Å²) < 4.78 is 0. The van der Waals surface area contributed by atoms with Crippen molar-refractivity contribution < 1.29 is 0 Å². The number of rotatable bonds is 2. The molecule has 0 saturated heterocycles. The number of benzene rings is 1. The molecule has 0 saturated carbocycles. The van der Waals surface area contributed by atoms with Gasteiger partial charge >= 0.3 is 0 Å². The molecule has 68 valence electrons.